The lowest BCUT2D eigenvalue weighted by molar-refractivity contribution is -0.151. The first kappa shape index (κ1) is 25.8. The summed E-state index contributed by atoms with van der Waals surface area (Å²) in [6, 6.07) is 0.660. The largest absolute Gasteiger partial charge is 0.384 e. The molecular formula is C26H44N4O4S. The Balaban J connectivity index is 1.16. The van der Waals surface area contributed by atoms with E-state index in [2.05, 4.69) is 22.9 Å². The number of thioether (sulfide) groups is 1. The number of ether oxygens (including phenoxy) is 2. The average Bonchev–Trinajstić information content (AvgIpc) is 3.39. The van der Waals surface area contributed by atoms with E-state index in [-0.39, 0.29) is 40.8 Å². The highest BCUT2D eigenvalue weighted by molar-refractivity contribution is 8.00. The zero-order chi connectivity index (χ0) is 24.6. The predicted molar refractivity (Wildman–Crippen MR) is 137 cm³/mol. The number of fused-ring (bicyclic) bond motifs is 1. The van der Waals surface area contributed by atoms with E-state index in [1.54, 1.807) is 18.9 Å². The van der Waals surface area contributed by atoms with Crippen LogP contribution in [0.1, 0.15) is 58.3 Å². The average molecular weight is 509 g/mol. The van der Waals surface area contributed by atoms with Gasteiger partial charge in [0.05, 0.1) is 24.0 Å². The summed E-state index contributed by atoms with van der Waals surface area (Å²) in [4.78, 5) is 28.8. The van der Waals surface area contributed by atoms with E-state index in [4.69, 9.17) is 9.47 Å². The quantitative estimate of drug-likeness (QED) is 0.484. The molecule has 35 heavy (non-hydrogen) atoms. The number of nitrogens with one attached hydrogen (secondary N) is 3. The van der Waals surface area contributed by atoms with Gasteiger partial charge in [-0.25, -0.2) is 0 Å². The van der Waals surface area contributed by atoms with E-state index in [1.807, 2.05) is 12.0 Å². The molecule has 2 aliphatic carbocycles. The molecule has 5 fully saturated rings. The number of methoxy groups -OCH3 is 2. The Labute approximate surface area is 214 Å². The van der Waals surface area contributed by atoms with Gasteiger partial charge in [0.15, 0.2) is 0 Å². The summed E-state index contributed by atoms with van der Waals surface area (Å²) in [5, 5.41) is 10.8. The van der Waals surface area contributed by atoms with E-state index in [0.717, 1.165) is 58.2 Å². The highest BCUT2D eigenvalue weighted by Gasteiger charge is 2.51. The maximum absolute atomic E-state index is 13.5. The lowest BCUT2D eigenvalue weighted by Gasteiger charge is -2.44. The summed E-state index contributed by atoms with van der Waals surface area (Å²) in [5.41, 5.74) is -0.388. The Morgan fingerprint density at radius 2 is 1.91 bits per heavy atom. The highest BCUT2D eigenvalue weighted by atomic mass is 32.2. The minimum absolute atomic E-state index is 0.0274. The van der Waals surface area contributed by atoms with Crippen LogP contribution >= 0.6 is 11.8 Å². The summed E-state index contributed by atoms with van der Waals surface area (Å²) < 4.78 is 11.3. The second-order valence-corrected chi connectivity index (χ2v) is 13.0. The maximum Gasteiger partial charge on any atom is 0.231 e. The number of likely N-dealkylation sites (tertiary alicyclic amines) is 1. The van der Waals surface area contributed by atoms with Gasteiger partial charge in [0.2, 0.25) is 11.8 Å². The van der Waals surface area contributed by atoms with Crippen molar-refractivity contribution in [1.29, 1.82) is 0 Å². The van der Waals surface area contributed by atoms with Gasteiger partial charge in [0, 0.05) is 51.2 Å². The highest BCUT2D eigenvalue weighted by Crippen LogP contribution is 2.45. The number of nitrogens with zero attached hydrogens (tertiary/aromatic N) is 1. The van der Waals surface area contributed by atoms with Crippen LogP contribution in [0.25, 0.3) is 0 Å². The minimum atomic E-state index is -0.301. The molecule has 5 aliphatic rings. The molecule has 2 amide bonds. The van der Waals surface area contributed by atoms with Gasteiger partial charge in [-0.05, 0) is 50.9 Å². The molecule has 198 valence electrons. The molecule has 3 saturated heterocycles. The molecule has 8 nitrogen and oxygen atoms in total. The Kier molecular flexibility index (Phi) is 7.99. The molecule has 5 rings (SSSR count). The zero-order valence-electron chi connectivity index (χ0n) is 21.6. The fourth-order valence-electron chi connectivity index (χ4n) is 7.40. The first-order valence-electron chi connectivity index (χ1n) is 13.7. The van der Waals surface area contributed by atoms with E-state index < -0.39 is 0 Å². The van der Waals surface area contributed by atoms with Crippen molar-refractivity contribution in [2.24, 2.45) is 23.2 Å². The first-order valence-corrected chi connectivity index (χ1v) is 14.6. The van der Waals surface area contributed by atoms with Gasteiger partial charge in [-0.15, -0.1) is 11.8 Å². The molecule has 0 radical (unpaired) electrons. The van der Waals surface area contributed by atoms with Gasteiger partial charge in [-0.2, -0.15) is 0 Å². The minimum Gasteiger partial charge on any atom is -0.384 e. The Morgan fingerprint density at radius 3 is 2.60 bits per heavy atom. The van der Waals surface area contributed by atoms with E-state index in [9.17, 15) is 9.59 Å². The topological polar surface area (TPSA) is 91.9 Å². The van der Waals surface area contributed by atoms with E-state index >= 15 is 0 Å². The fraction of sp³-hybridized carbons (Fsp3) is 0.923. The third-order valence-electron chi connectivity index (χ3n) is 9.46. The van der Waals surface area contributed by atoms with Crippen LogP contribution < -0.4 is 16.0 Å². The van der Waals surface area contributed by atoms with Crippen molar-refractivity contribution in [1.82, 2.24) is 20.9 Å². The van der Waals surface area contributed by atoms with Gasteiger partial charge in [-0.3, -0.25) is 14.9 Å². The number of hydrogen-bond donors (Lipinski definition) is 3. The van der Waals surface area contributed by atoms with Crippen molar-refractivity contribution in [2.45, 2.75) is 87.2 Å². The zero-order valence-corrected chi connectivity index (χ0v) is 22.4. The molecule has 3 N–H and O–H groups in total. The number of piperidine rings is 1. The molecule has 9 heteroatoms. The monoisotopic (exact) mass is 508 g/mol. The third kappa shape index (κ3) is 5.13. The van der Waals surface area contributed by atoms with Crippen LogP contribution in [0.2, 0.25) is 0 Å². The van der Waals surface area contributed by atoms with Crippen molar-refractivity contribution in [3.05, 3.63) is 0 Å². The van der Waals surface area contributed by atoms with Crippen molar-refractivity contribution in [2.75, 3.05) is 40.5 Å². The standard InChI is InChI=1S/C26H44N4O4S/c1-16-11-18(17-7-4-5-8-21(17)34-3)19(12-27-16)23(31)29-25-28-20-13-30(14-22(20)35-25)24(32)26(15-33-2)9-6-10-26/h16-22,25,27-28H,4-15H2,1-3H3,(H,29,31). The van der Waals surface area contributed by atoms with Crippen molar-refractivity contribution in [3.8, 4) is 0 Å². The predicted octanol–water partition coefficient (Wildman–Crippen LogP) is 1.94. The van der Waals surface area contributed by atoms with E-state index in [0.29, 0.717) is 29.7 Å². The summed E-state index contributed by atoms with van der Waals surface area (Å²) >= 11 is 1.77. The van der Waals surface area contributed by atoms with Crippen LogP contribution in [0.4, 0.5) is 0 Å². The van der Waals surface area contributed by atoms with Crippen LogP contribution in [0, 0.1) is 23.2 Å². The molecule has 0 aromatic rings. The Bertz CT molecular complexity index is 766. The molecule has 3 heterocycles. The Hall–Kier alpha value is -0.870. The third-order valence-corrected chi connectivity index (χ3v) is 10.8. The van der Waals surface area contributed by atoms with Gasteiger partial charge in [0.25, 0.3) is 0 Å². The number of rotatable bonds is 7. The fourth-order valence-corrected chi connectivity index (χ4v) is 8.80. The van der Waals surface area contributed by atoms with Gasteiger partial charge >= 0.3 is 0 Å². The molecular weight excluding hydrogens is 464 g/mol. The molecule has 2 saturated carbocycles. The van der Waals surface area contributed by atoms with Crippen molar-refractivity contribution in [3.63, 3.8) is 0 Å². The van der Waals surface area contributed by atoms with Crippen LogP contribution in [0.5, 0.6) is 0 Å². The van der Waals surface area contributed by atoms with Crippen LogP contribution in [-0.4, -0.2) is 86.1 Å². The van der Waals surface area contributed by atoms with Crippen LogP contribution in [-0.2, 0) is 19.1 Å². The summed E-state index contributed by atoms with van der Waals surface area (Å²) in [5.74, 6) is 1.20. The van der Waals surface area contributed by atoms with Gasteiger partial charge < -0.3 is 25.0 Å². The normalized spacial score (nSPS) is 40.7. The molecule has 0 aromatic heterocycles. The summed E-state index contributed by atoms with van der Waals surface area (Å²) in [6.45, 7) is 4.96. The number of carbonyl (C=O) groups excluding carboxylic acids is 2. The molecule has 0 spiro atoms. The SMILES string of the molecule is COCC1(C(=O)N2CC3NC(NC(=O)C4CNC(C)CC4C4CCCCC4OC)SC3C2)CCC1. The smallest absolute Gasteiger partial charge is 0.231 e. The lowest BCUT2D eigenvalue weighted by atomic mass is 9.68. The van der Waals surface area contributed by atoms with Crippen LogP contribution in [0.15, 0.2) is 0 Å². The van der Waals surface area contributed by atoms with Gasteiger partial charge in [-0.1, -0.05) is 19.3 Å². The lowest BCUT2D eigenvalue weighted by Crippen LogP contribution is -2.55. The summed E-state index contributed by atoms with van der Waals surface area (Å²) in [7, 11) is 3.52. The molecule has 0 aromatic carbocycles. The van der Waals surface area contributed by atoms with E-state index in [1.165, 1.54) is 12.8 Å². The number of amides is 2. The number of hydrogen-bond acceptors (Lipinski definition) is 7. The number of carbonyl (C=O) groups is 2. The van der Waals surface area contributed by atoms with Crippen molar-refractivity contribution < 1.29 is 19.1 Å². The molecule has 8 atom stereocenters. The maximum atomic E-state index is 13.5. The van der Waals surface area contributed by atoms with Crippen LogP contribution in [0.3, 0.4) is 0 Å². The Morgan fingerprint density at radius 1 is 1.11 bits per heavy atom. The first-order chi connectivity index (χ1) is 16.9. The second-order valence-electron chi connectivity index (χ2n) is 11.7. The second kappa shape index (κ2) is 10.9. The molecule has 8 unspecified atom stereocenters. The molecule has 3 aliphatic heterocycles. The summed E-state index contributed by atoms with van der Waals surface area (Å²) in [6.07, 6.45) is 9.01. The van der Waals surface area contributed by atoms with Gasteiger partial charge in [0.1, 0.15) is 5.50 Å². The van der Waals surface area contributed by atoms with Crippen molar-refractivity contribution >= 4 is 23.6 Å². The molecule has 0 bridgehead atoms.